The Kier molecular flexibility index (Phi) is 5.92. The summed E-state index contributed by atoms with van der Waals surface area (Å²) in [6.45, 7) is 0. The van der Waals surface area contributed by atoms with Gasteiger partial charge < -0.3 is 3.79 Å². The molecule has 0 fully saturated rings. The SMILES string of the molecule is [CH3][Al][CH2][O][Al]([CH3])[CH3]. The summed E-state index contributed by atoms with van der Waals surface area (Å²) in [5.41, 5.74) is 1.05. The van der Waals surface area contributed by atoms with Crippen LogP contribution in [0.1, 0.15) is 0 Å². The molecule has 0 spiro atoms. The molecular formula is C4H11Al2O. The molecule has 0 saturated carbocycles. The van der Waals surface area contributed by atoms with Gasteiger partial charge >= 0.3 is 14.5 Å². The van der Waals surface area contributed by atoms with Crippen LogP contribution in [-0.2, 0) is 3.79 Å². The first-order chi connectivity index (χ1) is 3.27. The van der Waals surface area contributed by atoms with Crippen LogP contribution < -0.4 is 0 Å². The Morgan fingerprint density at radius 1 is 1.57 bits per heavy atom. The van der Waals surface area contributed by atoms with Crippen molar-refractivity contribution in [3.05, 3.63) is 0 Å². The van der Waals surface area contributed by atoms with Crippen LogP contribution in [0.25, 0.3) is 0 Å². The summed E-state index contributed by atoms with van der Waals surface area (Å²) in [5, 5.41) is 0. The van der Waals surface area contributed by atoms with Crippen molar-refractivity contribution in [2.75, 3.05) is 5.47 Å². The molecule has 1 radical (unpaired) electrons. The standard InChI is InChI=1S/CH2O.3CH3.2Al/c1-2;;;;;/h1H2;3*1H3;;/q-1;;;;;+1. The molecule has 0 aromatic rings. The fraction of sp³-hybridized carbons (Fsp3) is 1.00. The minimum absolute atomic E-state index is 0.573. The highest BCUT2D eigenvalue weighted by atomic mass is 27.2. The summed E-state index contributed by atoms with van der Waals surface area (Å²) in [6.07, 6.45) is 0. The average molecular weight is 129 g/mol. The summed E-state index contributed by atoms with van der Waals surface area (Å²) in [7, 11) is 0. The molecule has 0 heterocycles. The largest absolute Gasteiger partial charge is 0.514 e. The van der Waals surface area contributed by atoms with E-state index in [9.17, 15) is 0 Å². The Bertz CT molecular complexity index is 38.7. The van der Waals surface area contributed by atoms with Crippen LogP contribution >= 0.6 is 0 Å². The third-order valence-electron chi connectivity index (χ3n) is 0.596. The number of rotatable bonds is 3. The summed E-state index contributed by atoms with van der Waals surface area (Å²) in [4.78, 5) is 0. The maximum Gasteiger partial charge on any atom is 0.453 e. The number of hydrogen-bond donors (Lipinski definition) is 0. The molecule has 0 saturated heterocycles. The van der Waals surface area contributed by atoms with Gasteiger partial charge in [-0.05, 0) is 5.47 Å². The average Bonchev–Trinajstić information content (AvgIpc) is 1.61. The molecule has 0 N–H and O–H groups in total. The van der Waals surface area contributed by atoms with E-state index < -0.39 is 14.5 Å². The summed E-state index contributed by atoms with van der Waals surface area (Å²) in [6, 6.07) is 0. The maximum absolute atomic E-state index is 5.37. The minimum atomic E-state index is -0.667. The van der Waals surface area contributed by atoms with Crippen molar-refractivity contribution >= 4 is 29.7 Å². The van der Waals surface area contributed by atoms with E-state index in [1.54, 1.807) is 0 Å². The van der Waals surface area contributed by atoms with Gasteiger partial charge in [-0.15, -0.1) is 5.79 Å². The minimum Gasteiger partial charge on any atom is -0.514 e. The molecule has 0 aliphatic heterocycles. The van der Waals surface area contributed by atoms with Crippen molar-refractivity contribution < 1.29 is 3.79 Å². The van der Waals surface area contributed by atoms with Crippen LogP contribution in [-0.4, -0.2) is 35.2 Å². The molecule has 0 unspecified atom stereocenters. The van der Waals surface area contributed by atoms with Gasteiger partial charge in [-0.2, -0.15) is 0 Å². The van der Waals surface area contributed by atoms with Crippen molar-refractivity contribution in [1.29, 1.82) is 0 Å². The molecular weight excluding hydrogens is 118 g/mol. The van der Waals surface area contributed by atoms with Gasteiger partial charge in [0, 0.05) is 0 Å². The lowest BCUT2D eigenvalue weighted by atomic mass is 11.7. The number of hydrogen-bond acceptors (Lipinski definition) is 1. The first kappa shape index (κ1) is 8.02. The molecule has 0 amide bonds. The van der Waals surface area contributed by atoms with Gasteiger partial charge in [0.15, 0.2) is 0 Å². The third-order valence-corrected chi connectivity index (χ3v) is 2.37. The topological polar surface area (TPSA) is 9.23 Å². The quantitative estimate of drug-likeness (QED) is 0.516. The van der Waals surface area contributed by atoms with Crippen LogP contribution in [0.2, 0.25) is 17.4 Å². The van der Waals surface area contributed by atoms with Gasteiger partial charge in [0.1, 0.15) is 0 Å². The molecule has 3 heteroatoms. The predicted molar refractivity (Wildman–Crippen MR) is 35.1 cm³/mol. The van der Waals surface area contributed by atoms with Gasteiger partial charge in [-0.1, -0.05) is 11.6 Å². The van der Waals surface area contributed by atoms with Crippen LogP contribution in [0.3, 0.4) is 0 Å². The van der Waals surface area contributed by atoms with Gasteiger partial charge in [-0.25, -0.2) is 0 Å². The maximum atomic E-state index is 5.37. The Balaban J connectivity index is 2.68. The first-order valence-corrected chi connectivity index (χ1v) is 7.42. The second-order valence-electron chi connectivity index (χ2n) is 1.79. The van der Waals surface area contributed by atoms with Gasteiger partial charge in [-0.3, -0.25) is 0 Å². The first-order valence-electron chi connectivity index (χ1n) is 2.66. The molecule has 0 aromatic carbocycles. The molecule has 0 atom stereocenters. The lowest BCUT2D eigenvalue weighted by molar-refractivity contribution is 0.398. The van der Waals surface area contributed by atoms with Crippen molar-refractivity contribution in [3.63, 3.8) is 0 Å². The Hall–Kier alpha value is 1.02. The molecule has 1 nitrogen and oxygen atoms in total. The Labute approximate surface area is 56.5 Å². The van der Waals surface area contributed by atoms with E-state index in [-0.39, 0.29) is 0 Å². The van der Waals surface area contributed by atoms with Crippen LogP contribution in [0.15, 0.2) is 0 Å². The van der Waals surface area contributed by atoms with E-state index in [1.165, 1.54) is 0 Å². The van der Waals surface area contributed by atoms with Crippen LogP contribution in [0, 0.1) is 0 Å². The van der Waals surface area contributed by atoms with Crippen molar-refractivity contribution in [2.45, 2.75) is 17.4 Å². The predicted octanol–water partition coefficient (Wildman–Crippen LogP) is 0.964. The van der Waals surface area contributed by atoms with Crippen LogP contribution in [0.4, 0.5) is 0 Å². The molecule has 7 heavy (non-hydrogen) atoms. The lowest BCUT2D eigenvalue weighted by Crippen LogP contribution is -2.11. The summed E-state index contributed by atoms with van der Waals surface area (Å²) >= 11 is -0.0940. The Morgan fingerprint density at radius 2 is 2.14 bits per heavy atom. The zero-order valence-corrected chi connectivity index (χ0v) is 7.58. The van der Waals surface area contributed by atoms with E-state index in [1.807, 2.05) is 0 Å². The highest BCUT2D eigenvalue weighted by Crippen LogP contribution is 1.79. The second-order valence-corrected chi connectivity index (χ2v) is 5.37. The smallest absolute Gasteiger partial charge is 0.453 e. The highest BCUT2D eigenvalue weighted by Gasteiger charge is 2.00. The van der Waals surface area contributed by atoms with Gasteiger partial charge in [0.2, 0.25) is 15.2 Å². The van der Waals surface area contributed by atoms with E-state index in [0.717, 1.165) is 5.47 Å². The van der Waals surface area contributed by atoms with Crippen LogP contribution in [0.5, 0.6) is 0 Å². The second kappa shape index (κ2) is 5.17. The molecule has 39 valence electrons. The summed E-state index contributed by atoms with van der Waals surface area (Å²) in [5.74, 6) is 6.63. The zero-order chi connectivity index (χ0) is 5.70. The van der Waals surface area contributed by atoms with E-state index >= 15 is 0 Å². The monoisotopic (exact) mass is 129 g/mol. The van der Waals surface area contributed by atoms with Crippen molar-refractivity contribution in [1.82, 2.24) is 0 Å². The third kappa shape index (κ3) is 7.02. The lowest BCUT2D eigenvalue weighted by Gasteiger charge is -1.98. The highest BCUT2D eigenvalue weighted by molar-refractivity contribution is 6.49. The van der Waals surface area contributed by atoms with Gasteiger partial charge in [0.05, 0.1) is 0 Å². The van der Waals surface area contributed by atoms with E-state index in [0.29, 0.717) is 15.2 Å². The van der Waals surface area contributed by atoms with Crippen molar-refractivity contribution in [3.8, 4) is 0 Å². The fourth-order valence-electron chi connectivity index (χ4n) is 0.289. The molecule has 0 aromatic heterocycles. The zero-order valence-electron chi connectivity index (χ0n) is 5.27. The molecule has 0 bridgehead atoms. The van der Waals surface area contributed by atoms with Crippen molar-refractivity contribution in [2.24, 2.45) is 0 Å². The fourth-order valence-corrected chi connectivity index (χ4v) is 2.60. The normalized spacial score (nSPS) is 8.43. The summed E-state index contributed by atoms with van der Waals surface area (Å²) < 4.78 is 5.37. The molecule has 0 aliphatic rings. The van der Waals surface area contributed by atoms with Gasteiger partial charge in [0.25, 0.3) is 0 Å². The molecule has 0 rings (SSSR count). The molecule has 0 aliphatic carbocycles. The van der Waals surface area contributed by atoms with E-state index in [4.69, 9.17) is 3.79 Å². The van der Waals surface area contributed by atoms with E-state index in [2.05, 4.69) is 17.4 Å². The Morgan fingerprint density at radius 3 is 2.29 bits per heavy atom.